The Morgan fingerprint density at radius 1 is 1.00 bits per heavy atom. The molecule has 0 saturated carbocycles. The Bertz CT molecular complexity index is 600. The first-order chi connectivity index (χ1) is 10.1. The summed E-state index contributed by atoms with van der Waals surface area (Å²) in [5, 5.41) is 24.4. The van der Waals surface area contributed by atoms with Gasteiger partial charge >= 0.3 is 0 Å². The third-order valence-electron chi connectivity index (χ3n) is 3.00. The second-order valence-corrected chi connectivity index (χ2v) is 4.64. The number of aromatic hydroxyl groups is 2. The van der Waals surface area contributed by atoms with Crippen molar-refractivity contribution in [2.75, 3.05) is 18.4 Å². The zero-order chi connectivity index (χ0) is 15.1. The number of benzene rings is 2. The van der Waals surface area contributed by atoms with Crippen LogP contribution in [0.1, 0.15) is 5.56 Å². The SMILES string of the molecule is O=C(CNc1ccccc1)NCCc1ccc(O)c(O)c1. The van der Waals surface area contributed by atoms with Gasteiger partial charge in [-0.1, -0.05) is 24.3 Å². The van der Waals surface area contributed by atoms with E-state index in [1.165, 1.54) is 12.1 Å². The van der Waals surface area contributed by atoms with Gasteiger partial charge in [-0.3, -0.25) is 4.79 Å². The van der Waals surface area contributed by atoms with E-state index in [1.54, 1.807) is 6.07 Å². The van der Waals surface area contributed by atoms with E-state index in [0.717, 1.165) is 11.3 Å². The molecule has 2 rings (SSSR count). The number of para-hydroxylation sites is 1. The van der Waals surface area contributed by atoms with Crippen LogP contribution in [0, 0.1) is 0 Å². The highest BCUT2D eigenvalue weighted by Crippen LogP contribution is 2.24. The molecular formula is C16H18N2O3. The van der Waals surface area contributed by atoms with E-state index in [-0.39, 0.29) is 24.0 Å². The molecule has 0 fully saturated rings. The van der Waals surface area contributed by atoms with Crippen molar-refractivity contribution in [2.24, 2.45) is 0 Å². The van der Waals surface area contributed by atoms with E-state index < -0.39 is 0 Å². The van der Waals surface area contributed by atoms with Gasteiger partial charge in [0.25, 0.3) is 0 Å². The normalized spacial score (nSPS) is 10.1. The van der Waals surface area contributed by atoms with E-state index in [0.29, 0.717) is 13.0 Å². The fourth-order valence-corrected chi connectivity index (χ4v) is 1.87. The second kappa shape index (κ2) is 7.19. The molecule has 0 saturated heterocycles. The summed E-state index contributed by atoms with van der Waals surface area (Å²) in [6.45, 7) is 0.685. The van der Waals surface area contributed by atoms with E-state index in [4.69, 9.17) is 0 Å². The molecule has 4 N–H and O–H groups in total. The maximum atomic E-state index is 11.7. The van der Waals surface area contributed by atoms with Crippen molar-refractivity contribution in [3.8, 4) is 11.5 Å². The number of carbonyl (C=O) groups excluding carboxylic acids is 1. The van der Waals surface area contributed by atoms with Crippen LogP contribution in [0.5, 0.6) is 11.5 Å². The Kier molecular flexibility index (Phi) is 5.04. The molecule has 0 spiro atoms. The molecule has 2 aromatic rings. The minimum absolute atomic E-state index is 0.0955. The van der Waals surface area contributed by atoms with Crippen molar-refractivity contribution in [2.45, 2.75) is 6.42 Å². The summed E-state index contributed by atoms with van der Waals surface area (Å²) in [7, 11) is 0. The highest BCUT2D eigenvalue weighted by atomic mass is 16.3. The standard InChI is InChI=1S/C16H18N2O3/c19-14-7-6-12(10-15(14)20)8-9-17-16(21)11-18-13-4-2-1-3-5-13/h1-7,10,18-20H,8-9,11H2,(H,17,21). The third-order valence-corrected chi connectivity index (χ3v) is 3.00. The molecule has 0 aromatic heterocycles. The van der Waals surface area contributed by atoms with Gasteiger partial charge < -0.3 is 20.8 Å². The van der Waals surface area contributed by atoms with Crippen molar-refractivity contribution >= 4 is 11.6 Å². The summed E-state index contributed by atoms with van der Waals surface area (Å²) in [5.74, 6) is -0.388. The van der Waals surface area contributed by atoms with Crippen molar-refractivity contribution in [3.05, 3.63) is 54.1 Å². The van der Waals surface area contributed by atoms with E-state index >= 15 is 0 Å². The molecule has 2 aromatic carbocycles. The largest absolute Gasteiger partial charge is 0.504 e. The molecule has 0 aliphatic heterocycles. The number of phenolic OH excluding ortho intramolecular Hbond substituents is 2. The lowest BCUT2D eigenvalue weighted by molar-refractivity contribution is -0.119. The molecular weight excluding hydrogens is 268 g/mol. The molecule has 0 radical (unpaired) electrons. The van der Waals surface area contributed by atoms with Gasteiger partial charge in [0.2, 0.25) is 5.91 Å². The minimum Gasteiger partial charge on any atom is -0.504 e. The monoisotopic (exact) mass is 286 g/mol. The van der Waals surface area contributed by atoms with Gasteiger partial charge in [0, 0.05) is 12.2 Å². The highest BCUT2D eigenvalue weighted by molar-refractivity contribution is 5.80. The van der Waals surface area contributed by atoms with Crippen LogP contribution in [0.4, 0.5) is 5.69 Å². The van der Waals surface area contributed by atoms with Gasteiger partial charge in [0.15, 0.2) is 11.5 Å². The van der Waals surface area contributed by atoms with Crippen LogP contribution in [-0.2, 0) is 11.2 Å². The highest BCUT2D eigenvalue weighted by Gasteiger charge is 2.03. The molecule has 0 aliphatic carbocycles. The minimum atomic E-state index is -0.149. The van der Waals surface area contributed by atoms with Gasteiger partial charge in [0.05, 0.1) is 6.54 Å². The first kappa shape index (κ1) is 14.7. The number of hydrogen-bond donors (Lipinski definition) is 4. The zero-order valence-electron chi connectivity index (χ0n) is 11.5. The number of phenols is 2. The predicted molar refractivity (Wildman–Crippen MR) is 81.4 cm³/mol. The van der Waals surface area contributed by atoms with Crippen LogP contribution in [0.3, 0.4) is 0 Å². The maximum absolute atomic E-state index is 11.7. The van der Waals surface area contributed by atoms with Crippen molar-refractivity contribution in [1.82, 2.24) is 5.32 Å². The Morgan fingerprint density at radius 3 is 2.48 bits per heavy atom. The van der Waals surface area contributed by atoms with Crippen LogP contribution in [0.25, 0.3) is 0 Å². The quantitative estimate of drug-likeness (QED) is 0.611. The summed E-state index contributed by atoms with van der Waals surface area (Å²) >= 11 is 0. The molecule has 0 aliphatic rings. The van der Waals surface area contributed by atoms with Crippen LogP contribution in [0.15, 0.2) is 48.5 Å². The van der Waals surface area contributed by atoms with Crippen LogP contribution in [0.2, 0.25) is 0 Å². The summed E-state index contributed by atoms with van der Waals surface area (Å²) in [4.78, 5) is 11.7. The number of amides is 1. The van der Waals surface area contributed by atoms with Crippen molar-refractivity contribution < 1.29 is 15.0 Å². The fourth-order valence-electron chi connectivity index (χ4n) is 1.87. The van der Waals surface area contributed by atoms with Gasteiger partial charge in [-0.25, -0.2) is 0 Å². The fraction of sp³-hybridized carbons (Fsp3) is 0.188. The number of nitrogens with one attached hydrogen (secondary N) is 2. The molecule has 1 amide bonds. The lowest BCUT2D eigenvalue weighted by atomic mass is 10.1. The first-order valence-corrected chi connectivity index (χ1v) is 6.71. The predicted octanol–water partition coefficient (Wildman–Crippen LogP) is 1.87. The maximum Gasteiger partial charge on any atom is 0.239 e. The molecule has 21 heavy (non-hydrogen) atoms. The van der Waals surface area contributed by atoms with Crippen LogP contribution < -0.4 is 10.6 Å². The molecule has 0 unspecified atom stereocenters. The lowest BCUT2D eigenvalue weighted by Crippen LogP contribution is -2.31. The first-order valence-electron chi connectivity index (χ1n) is 6.71. The van der Waals surface area contributed by atoms with E-state index in [9.17, 15) is 15.0 Å². The van der Waals surface area contributed by atoms with Crippen molar-refractivity contribution in [1.29, 1.82) is 0 Å². The topological polar surface area (TPSA) is 81.6 Å². The number of rotatable bonds is 6. The molecule has 110 valence electrons. The lowest BCUT2D eigenvalue weighted by Gasteiger charge is -2.08. The summed E-state index contributed by atoms with van der Waals surface area (Å²) in [6.07, 6.45) is 0.588. The average molecular weight is 286 g/mol. The summed E-state index contributed by atoms with van der Waals surface area (Å²) < 4.78 is 0. The molecule has 0 heterocycles. The van der Waals surface area contributed by atoms with Gasteiger partial charge in [-0.15, -0.1) is 0 Å². The number of carbonyl (C=O) groups is 1. The van der Waals surface area contributed by atoms with Crippen LogP contribution >= 0.6 is 0 Å². The average Bonchev–Trinajstić information content (AvgIpc) is 2.50. The molecule has 0 atom stereocenters. The van der Waals surface area contributed by atoms with Gasteiger partial charge in [0.1, 0.15) is 0 Å². The second-order valence-electron chi connectivity index (χ2n) is 4.64. The number of anilines is 1. The summed E-state index contributed by atoms with van der Waals surface area (Å²) in [5.41, 5.74) is 1.75. The molecule has 0 bridgehead atoms. The van der Waals surface area contributed by atoms with Gasteiger partial charge in [-0.2, -0.15) is 0 Å². The Labute approximate surface area is 123 Å². The Hall–Kier alpha value is -2.69. The van der Waals surface area contributed by atoms with Gasteiger partial charge in [-0.05, 0) is 36.2 Å². The number of hydrogen-bond acceptors (Lipinski definition) is 4. The Morgan fingerprint density at radius 2 is 1.76 bits per heavy atom. The summed E-state index contributed by atoms with van der Waals surface area (Å²) in [6, 6.07) is 14.1. The zero-order valence-corrected chi connectivity index (χ0v) is 11.5. The molecule has 5 heteroatoms. The van der Waals surface area contributed by atoms with Crippen molar-refractivity contribution in [3.63, 3.8) is 0 Å². The third kappa shape index (κ3) is 4.72. The smallest absolute Gasteiger partial charge is 0.239 e. The van der Waals surface area contributed by atoms with Crippen LogP contribution in [-0.4, -0.2) is 29.2 Å². The van der Waals surface area contributed by atoms with E-state index in [2.05, 4.69) is 10.6 Å². The molecule has 5 nitrogen and oxygen atoms in total. The Balaban J connectivity index is 1.70. The van der Waals surface area contributed by atoms with E-state index in [1.807, 2.05) is 30.3 Å².